The van der Waals surface area contributed by atoms with Gasteiger partial charge < -0.3 is 9.73 Å². The average molecular weight is 410 g/mol. The van der Waals surface area contributed by atoms with Gasteiger partial charge in [-0.3, -0.25) is 14.2 Å². The smallest absolute Gasteiger partial charge is 0.286 e. The van der Waals surface area contributed by atoms with E-state index in [4.69, 9.17) is 27.6 Å². The minimum Gasteiger partial charge on any atom is -0.454 e. The number of carbonyl (C=O) groups excluding carboxylic acids is 1. The van der Waals surface area contributed by atoms with Crippen molar-refractivity contribution in [1.29, 1.82) is 0 Å². The fourth-order valence-electron chi connectivity index (χ4n) is 2.77. The van der Waals surface area contributed by atoms with Crippen LogP contribution in [0.3, 0.4) is 0 Å². The van der Waals surface area contributed by atoms with Crippen LogP contribution in [0.25, 0.3) is 0 Å². The number of hydrogen-bond acceptors (Lipinski definition) is 4. The Morgan fingerprint density at radius 1 is 1.19 bits per heavy atom. The number of hydrogen-bond donors (Lipinski definition) is 1. The summed E-state index contributed by atoms with van der Waals surface area (Å²) in [6.07, 6.45) is 0.669. The second kappa shape index (κ2) is 8.19. The van der Waals surface area contributed by atoms with Gasteiger partial charge in [0.2, 0.25) is 0 Å². The summed E-state index contributed by atoms with van der Waals surface area (Å²) in [5.74, 6) is 0.706. The molecule has 27 heavy (non-hydrogen) atoms. The predicted molar refractivity (Wildman–Crippen MR) is 103 cm³/mol. The molecule has 0 fully saturated rings. The lowest BCUT2D eigenvalue weighted by Crippen LogP contribution is -2.25. The number of carbonyl (C=O) groups is 1. The van der Waals surface area contributed by atoms with Gasteiger partial charge in [-0.05, 0) is 45.4 Å². The van der Waals surface area contributed by atoms with Crippen molar-refractivity contribution in [2.75, 3.05) is 6.54 Å². The van der Waals surface area contributed by atoms with Crippen molar-refractivity contribution in [3.8, 4) is 0 Å². The topological polar surface area (TPSA) is 77.9 Å². The highest BCUT2D eigenvalue weighted by Crippen LogP contribution is 2.24. The molecule has 0 spiro atoms. The van der Waals surface area contributed by atoms with Crippen molar-refractivity contribution in [3.63, 3.8) is 0 Å². The predicted octanol–water partition coefficient (Wildman–Crippen LogP) is 3.77. The Hall–Kier alpha value is -2.25. The second-order valence-corrected chi connectivity index (χ2v) is 7.11. The summed E-state index contributed by atoms with van der Waals surface area (Å²) in [5.41, 5.74) is 2.68. The van der Waals surface area contributed by atoms with Crippen molar-refractivity contribution in [3.05, 3.63) is 57.0 Å². The Kier molecular flexibility index (Phi) is 5.92. The molecular formula is C18H21Cl2N5O2. The number of amides is 1. The molecule has 144 valence electrons. The number of nitrogens with zero attached hydrogens (tertiary/aromatic N) is 4. The molecule has 3 heterocycles. The molecule has 0 saturated heterocycles. The fraction of sp³-hybridized carbons (Fsp3) is 0.389. The van der Waals surface area contributed by atoms with E-state index in [-0.39, 0.29) is 11.7 Å². The summed E-state index contributed by atoms with van der Waals surface area (Å²) in [4.78, 5) is 12.2. The summed E-state index contributed by atoms with van der Waals surface area (Å²) in [6, 6.07) is 5.46. The molecule has 9 heteroatoms. The number of furan rings is 1. The second-order valence-electron chi connectivity index (χ2n) is 6.37. The molecule has 0 atom stereocenters. The van der Waals surface area contributed by atoms with E-state index in [2.05, 4.69) is 15.5 Å². The molecule has 0 radical (unpaired) electrons. The minimum atomic E-state index is -0.254. The van der Waals surface area contributed by atoms with Crippen LogP contribution >= 0.6 is 23.2 Å². The maximum Gasteiger partial charge on any atom is 0.286 e. The third-order valence-corrected chi connectivity index (χ3v) is 5.06. The largest absolute Gasteiger partial charge is 0.454 e. The monoisotopic (exact) mass is 409 g/mol. The van der Waals surface area contributed by atoms with Gasteiger partial charge in [0.05, 0.1) is 17.9 Å². The first kappa shape index (κ1) is 19.5. The van der Waals surface area contributed by atoms with Crippen LogP contribution < -0.4 is 5.32 Å². The molecule has 0 unspecified atom stereocenters. The van der Waals surface area contributed by atoms with E-state index in [0.717, 1.165) is 11.4 Å². The molecular weight excluding hydrogens is 389 g/mol. The van der Waals surface area contributed by atoms with Crippen LogP contribution in [0.4, 0.5) is 0 Å². The van der Waals surface area contributed by atoms with Gasteiger partial charge >= 0.3 is 0 Å². The van der Waals surface area contributed by atoms with E-state index >= 15 is 0 Å². The van der Waals surface area contributed by atoms with Crippen molar-refractivity contribution in [1.82, 2.24) is 24.9 Å². The van der Waals surface area contributed by atoms with Gasteiger partial charge in [-0.15, -0.1) is 0 Å². The van der Waals surface area contributed by atoms with Gasteiger partial charge in [-0.25, -0.2) is 0 Å². The zero-order chi connectivity index (χ0) is 19.6. The van der Waals surface area contributed by atoms with Crippen LogP contribution in [0.15, 0.2) is 22.6 Å². The SMILES string of the molecule is Cc1cc(C)n(Cc2ccc(C(=O)NCCCn3nc(C)c(Cl)c3Cl)o2)n1. The van der Waals surface area contributed by atoms with E-state index in [9.17, 15) is 4.79 Å². The van der Waals surface area contributed by atoms with E-state index < -0.39 is 0 Å². The molecule has 0 bridgehead atoms. The lowest BCUT2D eigenvalue weighted by molar-refractivity contribution is 0.0923. The molecule has 0 aliphatic rings. The number of aryl methyl sites for hydroxylation is 4. The molecule has 0 aliphatic heterocycles. The van der Waals surface area contributed by atoms with E-state index in [1.165, 1.54) is 0 Å². The highest BCUT2D eigenvalue weighted by molar-refractivity contribution is 6.41. The molecule has 1 amide bonds. The van der Waals surface area contributed by atoms with E-state index in [1.807, 2.05) is 24.6 Å². The first-order chi connectivity index (χ1) is 12.8. The average Bonchev–Trinajstić information content (AvgIpc) is 3.28. The number of nitrogens with one attached hydrogen (secondary N) is 1. The van der Waals surface area contributed by atoms with Gasteiger partial charge in [0.1, 0.15) is 15.9 Å². The Balaban J connectivity index is 1.49. The van der Waals surface area contributed by atoms with Gasteiger partial charge in [-0.1, -0.05) is 23.2 Å². The number of aromatic nitrogens is 4. The van der Waals surface area contributed by atoms with Gasteiger partial charge in [0.15, 0.2) is 5.76 Å². The van der Waals surface area contributed by atoms with Gasteiger partial charge in [0.25, 0.3) is 5.91 Å². The Morgan fingerprint density at radius 2 is 1.96 bits per heavy atom. The summed E-state index contributed by atoms with van der Waals surface area (Å²) in [5, 5.41) is 12.4. The summed E-state index contributed by atoms with van der Waals surface area (Å²) >= 11 is 12.1. The molecule has 0 saturated carbocycles. The van der Waals surface area contributed by atoms with E-state index in [0.29, 0.717) is 47.7 Å². The van der Waals surface area contributed by atoms with Gasteiger partial charge in [0, 0.05) is 18.8 Å². The molecule has 3 aromatic heterocycles. The molecule has 3 rings (SSSR count). The fourth-order valence-corrected chi connectivity index (χ4v) is 3.16. The third kappa shape index (κ3) is 4.54. The maximum absolute atomic E-state index is 12.2. The first-order valence-corrected chi connectivity index (χ1v) is 9.37. The van der Waals surface area contributed by atoms with Crippen LogP contribution in [-0.2, 0) is 13.1 Å². The first-order valence-electron chi connectivity index (χ1n) is 8.61. The van der Waals surface area contributed by atoms with Crippen molar-refractivity contribution < 1.29 is 9.21 Å². The quantitative estimate of drug-likeness (QED) is 0.602. The molecule has 0 aliphatic carbocycles. The normalized spacial score (nSPS) is 11.1. The summed E-state index contributed by atoms with van der Waals surface area (Å²) in [6.45, 7) is 7.25. The molecule has 7 nitrogen and oxygen atoms in total. The molecule has 3 aromatic rings. The highest BCUT2D eigenvalue weighted by atomic mass is 35.5. The van der Waals surface area contributed by atoms with Crippen molar-refractivity contribution in [2.45, 2.75) is 40.3 Å². The third-order valence-electron chi connectivity index (χ3n) is 4.12. The van der Waals surface area contributed by atoms with Crippen LogP contribution in [0.1, 0.15) is 39.8 Å². The standard InChI is InChI=1S/C18H21Cl2N5O2/c1-11-9-12(2)25(22-11)10-14-5-6-15(27-14)18(26)21-7-4-8-24-17(20)16(19)13(3)23-24/h5-6,9H,4,7-8,10H2,1-3H3,(H,21,26). The summed E-state index contributed by atoms with van der Waals surface area (Å²) < 4.78 is 9.11. The summed E-state index contributed by atoms with van der Waals surface area (Å²) in [7, 11) is 0. The van der Waals surface area contributed by atoms with Crippen molar-refractivity contribution in [2.24, 2.45) is 0 Å². The zero-order valence-electron chi connectivity index (χ0n) is 15.4. The van der Waals surface area contributed by atoms with Gasteiger partial charge in [-0.2, -0.15) is 10.2 Å². The van der Waals surface area contributed by atoms with Crippen molar-refractivity contribution >= 4 is 29.1 Å². The maximum atomic E-state index is 12.2. The van der Waals surface area contributed by atoms with Crippen LogP contribution in [0, 0.1) is 20.8 Å². The van der Waals surface area contributed by atoms with Crippen LogP contribution in [0.2, 0.25) is 10.2 Å². The Bertz CT molecular complexity index is 957. The molecule has 0 aromatic carbocycles. The highest BCUT2D eigenvalue weighted by Gasteiger charge is 2.13. The van der Waals surface area contributed by atoms with Crippen LogP contribution in [-0.4, -0.2) is 32.0 Å². The zero-order valence-corrected chi connectivity index (χ0v) is 16.9. The number of rotatable bonds is 7. The van der Waals surface area contributed by atoms with E-state index in [1.54, 1.807) is 23.7 Å². The van der Waals surface area contributed by atoms with Crippen LogP contribution in [0.5, 0.6) is 0 Å². The molecule has 1 N–H and O–H groups in total. The Labute approximate surface area is 167 Å². The minimum absolute atomic E-state index is 0.254. The number of halogens is 2. The Morgan fingerprint density at radius 3 is 2.59 bits per heavy atom. The lowest BCUT2D eigenvalue weighted by atomic mass is 10.3. The lowest BCUT2D eigenvalue weighted by Gasteiger charge is -2.05.